The molecule has 2 heteroatoms. The second-order valence-electron chi connectivity index (χ2n) is 2.89. The summed E-state index contributed by atoms with van der Waals surface area (Å²) in [5, 5.41) is 0. The van der Waals surface area contributed by atoms with Gasteiger partial charge in [0.05, 0.1) is 0 Å². The molecule has 0 heterocycles. The molecule has 0 aliphatic rings. The van der Waals surface area contributed by atoms with E-state index in [9.17, 15) is 4.79 Å². The third kappa shape index (κ3) is 3.22. The molecule has 2 N–H and O–H groups in total. The Kier molecular flexibility index (Phi) is 3.41. The number of ketones is 1. The second kappa shape index (κ2) is 4.58. The van der Waals surface area contributed by atoms with E-state index in [2.05, 4.69) is 0 Å². The van der Waals surface area contributed by atoms with Crippen molar-refractivity contribution in [3.63, 3.8) is 0 Å². The first-order chi connectivity index (χ1) is 6.22. The van der Waals surface area contributed by atoms with Crippen LogP contribution in [0.2, 0.25) is 0 Å². The molecule has 1 aromatic carbocycles. The topological polar surface area (TPSA) is 43.1 Å². The summed E-state index contributed by atoms with van der Waals surface area (Å²) in [5.41, 5.74) is 7.57. The van der Waals surface area contributed by atoms with Crippen LogP contribution in [0.15, 0.2) is 30.3 Å². The quantitative estimate of drug-likeness (QED) is 0.711. The molecule has 13 heavy (non-hydrogen) atoms. The molecule has 2 nitrogen and oxygen atoms in total. The van der Waals surface area contributed by atoms with E-state index in [4.69, 9.17) is 5.73 Å². The highest BCUT2D eigenvalue weighted by molar-refractivity contribution is 5.91. The molecule has 0 aromatic heterocycles. The number of carbonyl (C=O) groups excluding carboxylic acids is 1. The molecule has 0 spiro atoms. The Morgan fingerprint density at radius 1 is 1.38 bits per heavy atom. The molecule has 0 saturated carbocycles. The molecule has 1 aromatic rings. The average Bonchev–Trinajstić information content (AvgIpc) is 2.15. The lowest BCUT2D eigenvalue weighted by Crippen LogP contribution is -1.95. The average molecular weight is 175 g/mol. The number of rotatable bonds is 3. The Labute approximate surface area is 78.1 Å². The van der Waals surface area contributed by atoms with E-state index < -0.39 is 0 Å². The lowest BCUT2D eigenvalue weighted by Gasteiger charge is -1.96. The molecule has 0 radical (unpaired) electrons. The van der Waals surface area contributed by atoms with Crippen LogP contribution in [0.4, 0.5) is 0 Å². The molecule has 0 saturated heterocycles. The number of carbonyl (C=O) groups is 1. The second-order valence-corrected chi connectivity index (χ2v) is 2.89. The van der Waals surface area contributed by atoms with Crippen molar-refractivity contribution in [2.45, 2.75) is 13.5 Å². The minimum atomic E-state index is 0.0582. The number of hydrogen-bond donors (Lipinski definition) is 1. The highest BCUT2D eigenvalue weighted by Crippen LogP contribution is 2.05. The van der Waals surface area contributed by atoms with Gasteiger partial charge in [-0.1, -0.05) is 30.3 Å². The van der Waals surface area contributed by atoms with E-state index in [-0.39, 0.29) is 5.78 Å². The number of hydrogen-bond acceptors (Lipinski definition) is 2. The van der Waals surface area contributed by atoms with E-state index in [1.807, 2.05) is 24.3 Å². The van der Waals surface area contributed by atoms with Gasteiger partial charge in [0, 0.05) is 6.54 Å². The van der Waals surface area contributed by atoms with Crippen molar-refractivity contribution in [1.82, 2.24) is 0 Å². The lowest BCUT2D eigenvalue weighted by molar-refractivity contribution is -0.112. The van der Waals surface area contributed by atoms with Crippen molar-refractivity contribution >= 4 is 11.9 Å². The predicted molar refractivity (Wildman–Crippen MR) is 54.0 cm³/mol. The van der Waals surface area contributed by atoms with Gasteiger partial charge in [-0.05, 0) is 24.1 Å². The van der Waals surface area contributed by atoms with E-state index in [0.29, 0.717) is 6.54 Å². The third-order valence-corrected chi connectivity index (χ3v) is 1.73. The third-order valence-electron chi connectivity index (χ3n) is 1.73. The summed E-state index contributed by atoms with van der Waals surface area (Å²) in [5.74, 6) is 0.0582. The van der Waals surface area contributed by atoms with Crippen molar-refractivity contribution in [2.24, 2.45) is 5.73 Å². The molecule has 68 valence electrons. The first-order valence-corrected chi connectivity index (χ1v) is 4.20. The SMILES string of the molecule is CC(=O)/C=C/c1ccc(CN)cc1. The zero-order valence-electron chi connectivity index (χ0n) is 7.66. The van der Waals surface area contributed by atoms with Crippen LogP contribution in [-0.2, 0) is 11.3 Å². The summed E-state index contributed by atoms with van der Waals surface area (Å²) in [6.45, 7) is 2.08. The Morgan fingerprint density at radius 3 is 2.46 bits per heavy atom. The van der Waals surface area contributed by atoms with Crippen molar-refractivity contribution in [3.8, 4) is 0 Å². The predicted octanol–water partition coefficient (Wildman–Crippen LogP) is 1.75. The highest BCUT2D eigenvalue weighted by Gasteiger charge is 1.89. The van der Waals surface area contributed by atoms with E-state index in [1.165, 1.54) is 6.92 Å². The zero-order valence-corrected chi connectivity index (χ0v) is 7.66. The minimum absolute atomic E-state index is 0.0582. The maximum atomic E-state index is 10.6. The molecular formula is C11H13NO. The van der Waals surface area contributed by atoms with Crippen LogP contribution < -0.4 is 5.73 Å². The van der Waals surface area contributed by atoms with Gasteiger partial charge in [-0.2, -0.15) is 0 Å². The highest BCUT2D eigenvalue weighted by atomic mass is 16.1. The normalized spacial score (nSPS) is 10.6. The van der Waals surface area contributed by atoms with Crippen molar-refractivity contribution in [3.05, 3.63) is 41.5 Å². The monoisotopic (exact) mass is 175 g/mol. The van der Waals surface area contributed by atoms with E-state index in [1.54, 1.807) is 12.2 Å². The van der Waals surface area contributed by atoms with Gasteiger partial charge in [0.15, 0.2) is 5.78 Å². The largest absolute Gasteiger partial charge is 0.326 e. The number of nitrogens with two attached hydrogens (primary N) is 1. The molecule has 0 atom stereocenters. The van der Waals surface area contributed by atoms with Crippen LogP contribution in [-0.4, -0.2) is 5.78 Å². The van der Waals surface area contributed by atoms with Crippen molar-refractivity contribution in [2.75, 3.05) is 0 Å². The number of benzene rings is 1. The van der Waals surface area contributed by atoms with E-state index in [0.717, 1.165) is 11.1 Å². The molecule has 0 bridgehead atoms. The molecule has 0 aliphatic heterocycles. The summed E-state index contributed by atoms with van der Waals surface area (Å²) in [6.07, 6.45) is 3.35. The number of allylic oxidation sites excluding steroid dienone is 1. The summed E-state index contributed by atoms with van der Waals surface area (Å²) >= 11 is 0. The fourth-order valence-electron chi connectivity index (χ4n) is 0.978. The lowest BCUT2D eigenvalue weighted by atomic mass is 10.1. The smallest absolute Gasteiger partial charge is 0.152 e. The standard InChI is InChI=1S/C11H13NO/c1-9(13)2-3-10-4-6-11(8-12)7-5-10/h2-7H,8,12H2,1H3/b3-2+. The fraction of sp³-hybridized carbons (Fsp3) is 0.182. The maximum Gasteiger partial charge on any atom is 0.152 e. The van der Waals surface area contributed by atoms with Crippen LogP contribution in [0, 0.1) is 0 Å². The first-order valence-electron chi connectivity index (χ1n) is 4.20. The van der Waals surface area contributed by atoms with Gasteiger partial charge in [-0.3, -0.25) is 4.79 Å². The minimum Gasteiger partial charge on any atom is -0.326 e. The maximum absolute atomic E-state index is 10.6. The van der Waals surface area contributed by atoms with Crippen LogP contribution in [0.25, 0.3) is 6.08 Å². The zero-order chi connectivity index (χ0) is 9.68. The molecule has 0 aliphatic carbocycles. The fourth-order valence-corrected chi connectivity index (χ4v) is 0.978. The van der Waals surface area contributed by atoms with Crippen molar-refractivity contribution < 1.29 is 4.79 Å². The summed E-state index contributed by atoms with van der Waals surface area (Å²) < 4.78 is 0. The molecule has 0 unspecified atom stereocenters. The van der Waals surface area contributed by atoms with Crippen LogP contribution in [0.1, 0.15) is 18.1 Å². The van der Waals surface area contributed by atoms with Crippen LogP contribution in [0.5, 0.6) is 0 Å². The van der Waals surface area contributed by atoms with Gasteiger partial charge in [0.25, 0.3) is 0 Å². The van der Waals surface area contributed by atoms with Gasteiger partial charge in [0.1, 0.15) is 0 Å². The Morgan fingerprint density at radius 2 is 2.00 bits per heavy atom. The first kappa shape index (κ1) is 9.68. The Hall–Kier alpha value is -1.41. The van der Waals surface area contributed by atoms with Crippen molar-refractivity contribution in [1.29, 1.82) is 0 Å². The molecule has 1 rings (SSSR count). The van der Waals surface area contributed by atoms with Gasteiger partial charge in [0.2, 0.25) is 0 Å². The summed E-state index contributed by atoms with van der Waals surface area (Å²) in [4.78, 5) is 10.6. The Bertz CT molecular complexity index is 311. The van der Waals surface area contributed by atoms with Gasteiger partial charge in [-0.25, -0.2) is 0 Å². The summed E-state index contributed by atoms with van der Waals surface area (Å²) in [6, 6.07) is 7.81. The van der Waals surface area contributed by atoms with E-state index >= 15 is 0 Å². The molecular weight excluding hydrogens is 162 g/mol. The van der Waals surface area contributed by atoms with Crippen LogP contribution in [0.3, 0.4) is 0 Å². The summed E-state index contributed by atoms with van der Waals surface area (Å²) in [7, 11) is 0. The Balaban J connectivity index is 2.75. The molecule has 0 fully saturated rings. The van der Waals surface area contributed by atoms with Gasteiger partial charge < -0.3 is 5.73 Å². The van der Waals surface area contributed by atoms with Gasteiger partial charge >= 0.3 is 0 Å². The van der Waals surface area contributed by atoms with Crippen LogP contribution >= 0.6 is 0 Å². The van der Waals surface area contributed by atoms with Gasteiger partial charge in [-0.15, -0.1) is 0 Å². The molecule has 0 amide bonds.